The number of ether oxygens (including phenoxy) is 1. The summed E-state index contributed by atoms with van der Waals surface area (Å²) in [5.41, 5.74) is 0. The van der Waals surface area contributed by atoms with Crippen molar-refractivity contribution in [2.75, 3.05) is 20.3 Å². The Labute approximate surface area is 71.5 Å². The van der Waals surface area contributed by atoms with Gasteiger partial charge in [0.15, 0.2) is 0 Å². The summed E-state index contributed by atoms with van der Waals surface area (Å²) < 4.78 is 5.12. The molecular weight excluding hydrogens is 158 g/mol. The number of ketones is 1. The number of nitrogens with zero attached hydrogens (tertiary/aromatic N) is 1. The maximum Gasteiger partial charge on any atom is 0.149 e. The molecule has 0 amide bonds. The van der Waals surface area contributed by atoms with Gasteiger partial charge in [-0.2, -0.15) is 0 Å². The van der Waals surface area contributed by atoms with Crippen LogP contribution < -0.4 is 0 Å². The summed E-state index contributed by atoms with van der Waals surface area (Å²) >= 11 is 0. The number of rotatable bonds is 2. The van der Waals surface area contributed by atoms with Crippen LogP contribution in [0.15, 0.2) is 0 Å². The monoisotopic (exact) mass is 171 g/mol. The van der Waals surface area contributed by atoms with Gasteiger partial charge >= 0.3 is 0 Å². The van der Waals surface area contributed by atoms with Gasteiger partial charge < -0.3 is 9.53 Å². The minimum absolute atomic E-state index is 0.0454. The van der Waals surface area contributed by atoms with Crippen molar-refractivity contribution in [1.82, 2.24) is 4.90 Å². The number of carbonyl (C=O) groups is 2. The molecule has 1 aliphatic rings. The Kier molecular flexibility index (Phi) is 2.94. The fourth-order valence-electron chi connectivity index (χ4n) is 1.31. The zero-order chi connectivity index (χ0) is 9.14. The molecule has 0 aliphatic carbocycles. The Morgan fingerprint density at radius 2 is 2.25 bits per heavy atom. The molecule has 0 aromatic heterocycles. The van der Waals surface area contributed by atoms with E-state index in [0.717, 1.165) is 6.29 Å². The van der Waals surface area contributed by atoms with Gasteiger partial charge in [0.2, 0.25) is 0 Å². The molecule has 0 aromatic carbocycles. The molecule has 1 unspecified atom stereocenters. The normalized spacial score (nSPS) is 31.5. The molecule has 68 valence electrons. The summed E-state index contributed by atoms with van der Waals surface area (Å²) in [6.07, 6.45) is 0.815. The Morgan fingerprint density at radius 3 is 2.75 bits per heavy atom. The molecule has 4 heteroatoms. The molecule has 1 saturated heterocycles. The molecule has 0 aromatic rings. The third-order valence-corrected chi connectivity index (χ3v) is 2.21. The first-order valence-corrected chi connectivity index (χ1v) is 3.92. The second-order valence-electron chi connectivity index (χ2n) is 3.03. The summed E-state index contributed by atoms with van der Waals surface area (Å²) in [4.78, 5) is 23.3. The van der Waals surface area contributed by atoms with Crippen LogP contribution in [-0.2, 0) is 14.3 Å². The predicted molar refractivity (Wildman–Crippen MR) is 42.9 cm³/mol. The Balaban J connectivity index is 2.65. The third-order valence-electron chi connectivity index (χ3n) is 2.21. The van der Waals surface area contributed by atoms with E-state index in [1.54, 1.807) is 11.9 Å². The highest BCUT2D eigenvalue weighted by Crippen LogP contribution is 2.09. The maximum absolute atomic E-state index is 11.0. The standard InChI is InChI=1S/C8H13NO3/c1-6(11)8-5-12-4-7(3-10)9(8)2/h3,7-8H,4-5H2,1-2H3/t7?,8-/m1/s1. The summed E-state index contributed by atoms with van der Waals surface area (Å²) in [5, 5.41) is 0. The van der Waals surface area contributed by atoms with Crippen LogP contribution in [0, 0.1) is 0 Å². The highest BCUT2D eigenvalue weighted by Gasteiger charge is 2.30. The van der Waals surface area contributed by atoms with Crippen molar-refractivity contribution in [3.8, 4) is 0 Å². The lowest BCUT2D eigenvalue weighted by atomic mass is 10.1. The van der Waals surface area contributed by atoms with Gasteiger partial charge in [0, 0.05) is 0 Å². The molecule has 1 aliphatic heterocycles. The second-order valence-corrected chi connectivity index (χ2v) is 3.03. The highest BCUT2D eigenvalue weighted by atomic mass is 16.5. The fourth-order valence-corrected chi connectivity index (χ4v) is 1.31. The molecule has 2 atom stereocenters. The highest BCUT2D eigenvalue weighted by molar-refractivity contribution is 5.82. The zero-order valence-corrected chi connectivity index (χ0v) is 7.32. The van der Waals surface area contributed by atoms with Crippen LogP contribution in [0.5, 0.6) is 0 Å². The third kappa shape index (κ3) is 1.70. The van der Waals surface area contributed by atoms with Crippen LogP contribution >= 0.6 is 0 Å². The quantitative estimate of drug-likeness (QED) is 0.524. The van der Waals surface area contributed by atoms with E-state index < -0.39 is 0 Å². The first kappa shape index (κ1) is 9.35. The van der Waals surface area contributed by atoms with E-state index in [1.807, 2.05) is 0 Å². The van der Waals surface area contributed by atoms with Crippen LogP contribution in [0.2, 0.25) is 0 Å². The Bertz CT molecular complexity index is 193. The Hall–Kier alpha value is -0.740. The number of aldehydes is 1. The molecule has 4 nitrogen and oxygen atoms in total. The van der Waals surface area contributed by atoms with E-state index in [4.69, 9.17) is 4.74 Å². The minimum atomic E-state index is -0.271. The molecule has 0 radical (unpaired) electrons. The van der Waals surface area contributed by atoms with Crippen molar-refractivity contribution in [2.45, 2.75) is 19.0 Å². The average Bonchev–Trinajstić information content (AvgIpc) is 2.04. The van der Waals surface area contributed by atoms with Gasteiger partial charge in [-0.25, -0.2) is 0 Å². The van der Waals surface area contributed by atoms with E-state index in [1.165, 1.54) is 6.92 Å². The van der Waals surface area contributed by atoms with Crippen LogP contribution in [0.1, 0.15) is 6.92 Å². The second kappa shape index (κ2) is 3.78. The fraction of sp³-hybridized carbons (Fsp3) is 0.750. The minimum Gasteiger partial charge on any atom is -0.377 e. The average molecular weight is 171 g/mol. The van der Waals surface area contributed by atoms with Gasteiger partial charge in [-0.15, -0.1) is 0 Å². The molecule has 0 N–H and O–H groups in total. The predicted octanol–water partition coefficient (Wildman–Crippen LogP) is -0.527. The van der Waals surface area contributed by atoms with Crippen LogP contribution in [0.25, 0.3) is 0 Å². The van der Waals surface area contributed by atoms with Crippen molar-refractivity contribution in [3.63, 3.8) is 0 Å². The van der Waals surface area contributed by atoms with Gasteiger partial charge in [0.05, 0.1) is 25.3 Å². The topological polar surface area (TPSA) is 46.6 Å². The van der Waals surface area contributed by atoms with E-state index in [9.17, 15) is 9.59 Å². The van der Waals surface area contributed by atoms with Crippen LogP contribution in [0.4, 0.5) is 0 Å². The van der Waals surface area contributed by atoms with E-state index >= 15 is 0 Å². The Morgan fingerprint density at radius 1 is 1.58 bits per heavy atom. The lowest BCUT2D eigenvalue weighted by Gasteiger charge is -2.34. The van der Waals surface area contributed by atoms with Gasteiger partial charge in [0.25, 0.3) is 0 Å². The molecule has 12 heavy (non-hydrogen) atoms. The molecular formula is C8H13NO3. The lowest BCUT2D eigenvalue weighted by Crippen LogP contribution is -2.53. The van der Waals surface area contributed by atoms with Gasteiger partial charge in [-0.1, -0.05) is 0 Å². The van der Waals surface area contributed by atoms with Crippen molar-refractivity contribution in [2.24, 2.45) is 0 Å². The van der Waals surface area contributed by atoms with Crippen molar-refractivity contribution >= 4 is 12.1 Å². The van der Waals surface area contributed by atoms with E-state index in [-0.39, 0.29) is 17.9 Å². The molecule has 1 rings (SSSR count). The first-order valence-electron chi connectivity index (χ1n) is 3.92. The summed E-state index contributed by atoms with van der Waals surface area (Å²) in [6, 6.07) is -0.526. The number of hydrogen-bond donors (Lipinski definition) is 0. The smallest absolute Gasteiger partial charge is 0.149 e. The molecule has 0 spiro atoms. The van der Waals surface area contributed by atoms with Gasteiger partial charge in [-0.3, -0.25) is 9.69 Å². The number of likely N-dealkylation sites (N-methyl/N-ethyl adjacent to an activating group) is 1. The van der Waals surface area contributed by atoms with Crippen molar-refractivity contribution in [1.29, 1.82) is 0 Å². The molecule has 0 bridgehead atoms. The number of Topliss-reactive ketones (excluding diaryl/α,β-unsaturated/α-hetero) is 1. The van der Waals surface area contributed by atoms with Crippen LogP contribution in [0.3, 0.4) is 0 Å². The van der Waals surface area contributed by atoms with Crippen molar-refractivity contribution < 1.29 is 14.3 Å². The van der Waals surface area contributed by atoms with E-state index in [2.05, 4.69) is 0 Å². The summed E-state index contributed by atoms with van der Waals surface area (Å²) in [7, 11) is 1.77. The summed E-state index contributed by atoms with van der Waals surface area (Å²) in [6.45, 7) is 2.30. The summed E-state index contributed by atoms with van der Waals surface area (Å²) in [5.74, 6) is 0.0454. The maximum atomic E-state index is 11.0. The molecule has 1 heterocycles. The van der Waals surface area contributed by atoms with Crippen LogP contribution in [-0.4, -0.2) is 49.3 Å². The molecule has 0 saturated carbocycles. The number of carbonyl (C=O) groups excluding carboxylic acids is 2. The van der Waals surface area contributed by atoms with E-state index in [0.29, 0.717) is 13.2 Å². The van der Waals surface area contributed by atoms with Crippen molar-refractivity contribution in [3.05, 3.63) is 0 Å². The van der Waals surface area contributed by atoms with Gasteiger partial charge in [-0.05, 0) is 14.0 Å². The SMILES string of the molecule is CC(=O)[C@H]1COCC(C=O)N1C. The zero-order valence-electron chi connectivity index (χ0n) is 7.32. The molecule has 1 fully saturated rings. The lowest BCUT2D eigenvalue weighted by molar-refractivity contribution is -0.134. The number of hydrogen-bond acceptors (Lipinski definition) is 4. The number of morpholine rings is 1. The first-order chi connectivity index (χ1) is 5.66. The van der Waals surface area contributed by atoms with Gasteiger partial charge in [0.1, 0.15) is 12.1 Å². The largest absolute Gasteiger partial charge is 0.377 e.